The summed E-state index contributed by atoms with van der Waals surface area (Å²) in [5.41, 5.74) is 2.88. The number of aromatic nitrogens is 1. The predicted octanol–water partition coefficient (Wildman–Crippen LogP) is 3.96. The molecule has 0 spiro atoms. The third-order valence-electron chi connectivity index (χ3n) is 4.20. The van der Waals surface area contributed by atoms with E-state index in [0.29, 0.717) is 10.9 Å². The van der Waals surface area contributed by atoms with Crippen molar-refractivity contribution in [1.82, 2.24) is 9.88 Å². The molecule has 0 bridgehead atoms. The van der Waals surface area contributed by atoms with Gasteiger partial charge in [0, 0.05) is 35.8 Å². The summed E-state index contributed by atoms with van der Waals surface area (Å²) < 4.78 is 27.2. The average Bonchev–Trinajstić information content (AvgIpc) is 2.85. The van der Waals surface area contributed by atoms with Gasteiger partial charge in [0.05, 0.1) is 6.42 Å². The summed E-state index contributed by atoms with van der Waals surface area (Å²) in [5.74, 6) is -0.816. The standard InChI is InChI=1S/C19H18F2N2O/c1-12-15(16-9-14(20)7-8-18(16)22-12)10-19(24)23(2)11-13-5-3-4-6-17(13)21/h3-9,22H,10-11H2,1-2H3. The Hall–Kier alpha value is -2.69. The molecular weight excluding hydrogens is 310 g/mol. The first-order chi connectivity index (χ1) is 11.5. The highest BCUT2D eigenvalue weighted by atomic mass is 19.1. The maximum Gasteiger partial charge on any atom is 0.227 e. The van der Waals surface area contributed by atoms with Crippen molar-refractivity contribution in [2.75, 3.05) is 7.05 Å². The first kappa shape index (κ1) is 16.2. The molecule has 0 saturated carbocycles. The number of rotatable bonds is 4. The zero-order chi connectivity index (χ0) is 17.3. The predicted molar refractivity (Wildman–Crippen MR) is 89.6 cm³/mol. The molecule has 0 radical (unpaired) electrons. The van der Waals surface area contributed by atoms with Gasteiger partial charge in [0.15, 0.2) is 0 Å². The minimum atomic E-state index is -0.338. The molecule has 124 valence electrons. The van der Waals surface area contributed by atoms with Crippen molar-refractivity contribution >= 4 is 16.8 Å². The van der Waals surface area contributed by atoms with Gasteiger partial charge in [-0.2, -0.15) is 0 Å². The molecule has 0 atom stereocenters. The van der Waals surface area contributed by atoms with E-state index in [4.69, 9.17) is 0 Å². The molecule has 0 aliphatic rings. The lowest BCUT2D eigenvalue weighted by Gasteiger charge is -2.18. The largest absolute Gasteiger partial charge is 0.358 e. The van der Waals surface area contributed by atoms with Crippen LogP contribution >= 0.6 is 0 Å². The Kier molecular flexibility index (Phi) is 4.34. The van der Waals surface area contributed by atoms with Crippen LogP contribution in [0.25, 0.3) is 10.9 Å². The van der Waals surface area contributed by atoms with E-state index in [0.717, 1.165) is 16.8 Å². The number of benzene rings is 2. The van der Waals surface area contributed by atoms with Gasteiger partial charge in [-0.25, -0.2) is 8.78 Å². The number of halogens is 2. The minimum Gasteiger partial charge on any atom is -0.358 e. The third kappa shape index (κ3) is 3.15. The van der Waals surface area contributed by atoms with Gasteiger partial charge in [0.2, 0.25) is 5.91 Å². The van der Waals surface area contributed by atoms with Gasteiger partial charge in [0.25, 0.3) is 0 Å². The topological polar surface area (TPSA) is 36.1 Å². The number of hydrogen-bond donors (Lipinski definition) is 1. The van der Waals surface area contributed by atoms with Gasteiger partial charge < -0.3 is 9.88 Å². The monoisotopic (exact) mass is 328 g/mol. The zero-order valence-electron chi connectivity index (χ0n) is 13.6. The fraction of sp³-hybridized carbons (Fsp3) is 0.211. The Morgan fingerprint density at radius 2 is 1.92 bits per heavy atom. The Bertz CT molecular complexity index is 902. The number of hydrogen-bond acceptors (Lipinski definition) is 1. The van der Waals surface area contributed by atoms with Gasteiger partial charge in [0.1, 0.15) is 11.6 Å². The smallest absolute Gasteiger partial charge is 0.227 e. The number of aryl methyl sites for hydroxylation is 1. The van der Waals surface area contributed by atoms with E-state index < -0.39 is 0 Å². The van der Waals surface area contributed by atoms with Crippen molar-refractivity contribution < 1.29 is 13.6 Å². The van der Waals surface area contributed by atoms with E-state index in [9.17, 15) is 13.6 Å². The van der Waals surface area contributed by atoms with Crippen molar-refractivity contribution in [3.8, 4) is 0 Å². The average molecular weight is 328 g/mol. The Labute approximate surface area is 138 Å². The Morgan fingerprint density at radius 1 is 1.17 bits per heavy atom. The van der Waals surface area contributed by atoms with E-state index in [-0.39, 0.29) is 30.5 Å². The highest BCUT2D eigenvalue weighted by molar-refractivity contribution is 5.90. The molecule has 0 fully saturated rings. The van der Waals surface area contributed by atoms with E-state index in [2.05, 4.69) is 4.98 Å². The summed E-state index contributed by atoms with van der Waals surface area (Å²) in [6, 6.07) is 10.9. The number of carbonyl (C=O) groups is 1. The molecule has 0 unspecified atom stereocenters. The number of fused-ring (bicyclic) bond motifs is 1. The van der Waals surface area contributed by atoms with Crippen LogP contribution in [0.15, 0.2) is 42.5 Å². The normalized spacial score (nSPS) is 11.0. The van der Waals surface area contributed by atoms with Crippen LogP contribution in [0.5, 0.6) is 0 Å². The number of nitrogens with zero attached hydrogens (tertiary/aromatic N) is 1. The van der Waals surface area contributed by atoms with E-state index in [1.54, 1.807) is 31.3 Å². The lowest BCUT2D eigenvalue weighted by molar-refractivity contribution is -0.129. The second-order valence-corrected chi connectivity index (χ2v) is 5.94. The van der Waals surface area contributed by atoms with Gasteiger partial charge in [-0.05, 0) is 36.8 Å². The molecule has 1 amide bonds. The summed E-state index contributed by atoms with van der Waals surface area (Å²) in [6.07, 6.45) is 0.139. The van der Waals surface area contributed by atoms with Crippen LogP contribution in [0, 0.1) is 18.6 Å². The van der Waals surface area contributed by atoms with Crippen LogP contribution in [0.1, 0.15) is 16.8 Å². The van der Waals surface area contributed by atoms with Gasteiger partial charge in [-0.15, -0.1) is 0 Å². The van der Waals surface area contributed by atoms with Crippen molar-refractivity contribution in [1.29, 1.82) is 0 Å². The SMILES string of the molecule is Cc1[nH]c2ccc(F)cc2c1CC(=O)N(C)Cc1ccccc1F. The van der Waals surface area contributed by atoms with Gasteiger partial charge in [-0.3, -0.25) is 4.79 Å². The highest BCUT2D eigenvalue weighted by Gasteiger charge is 2.17. The Morgan fingerprint density at radius 3 is 2.67 bits per heavy atom. The summed E-state index contributed by atoms with van der Waals surface area (Å²) in [4.78, 5) is 17.1. The molecule has 2 aromatic carbocycles. The van der Waals surface area contributed by atoms with Crippen LogP contribution in [0.2, 0.25) is 0 Å². The molecule has 0 saturated heterocycles. The molecule has 3 rings (SSSR count). The highest BCUT2D eigenvalue weighted by Crippen LogP contribution is 2.24. The van der Waals surface area contributed by atoms with Crippen molar-refractivity contribution in [2.24, 2.45) is 0 Å². The molecule has 1 heterocycles. The summed E-state index contributed by atoms with van der Waals surface area (Å²) in [5, 5.41) is 0.708. The molecular formula is C19H18F2N2O. The lowest BCUT2D eigenvalue weighted by atomic mass is 10.1. The quantitative estimate of drug-likeness (QED) is 0.773. The van der Waals surface area contributed by atoms with Crippen LogP contribution < -0.4 is 0 Å². The van der Waals surface area contributed by atoms with E-state index in [1.807, 2.05) is 6.92 Å². The second kappa shape index (κ2) is 6.43. The van der Waals surface area contributed by atoms with Crippen molar-refractivity contribution in [3.63, 3.8) is 0 Å². The van der Waals surface area contributed by atoms with Crippen LogP contribution in [-0.4, -0.2) is 22.8 Å². The van der Waals surface area contributed by atoms with Gasteiger partial charge >= 0.3 is 0 Å². The maximum absolute atomic E-state index is 13.7. The summed E-state index contributed by atoms with van der Waals surface area (Å²) in [6.45, 7) is 2.05. The van der Waals surface area contributed by atoms with Crippen molar-refractivity contribution in [3.05, 3.63) is 70.9 Å². The first-order valence-corrected chi connectivity index (χ1v) is 7.70. The second-order valence-electron chi connectivity index (χ2n) is 5.94. The van der Waals surface area contributed by atoms with E-state index >= 15 is 0 Å². The molecule has 5 heteroatoms. The van der Waals surface area contributed by atoms with Crippen LogP contribution in [0.3, 0.4) is 0 Å². The van der Waals surface area contributed by atoms with Crippen LogP contribution in [-0.2, 0) is 17.8 Å². The number of carbonyl (C=O) groups excluding carboxylic acids is 1. The third-order valence-corrected chi connectivity index (χ3v) is 4.20. The number of likely N-dealkylation sites (N-methyl/N-ethyl adjacent to an activating group) is 1. The fourth-order valence-corrected chi connectivity index (χ4v) is 2.84. The Balaban J connectivity index is 1.81. The fourth-order valence-electron chi connectivity index (χ4n) is 2.84. The number of nitrogens with one attached hydrogen (secondary N) is 1. The summed E-state index contributed by atoms with van der Waals surface area (Å²) >= 11 is 0. The molecule has 0 aliphatic carbocycles. The lowest BCUT2D eigenvalue weighted by Crippen LogP contribution is -2.28. The molecule has 1 aromatic heterocycles. The molecule has 3 nitrogen and oxygen atoms in total. The minimum absolute atomic E-state index is 0.139. The van der Waals surface area contributed by atoms with Crippen LogP contribution in [0.4, 0.5) is 8.78 Å². The molecule has 1 N–H and O–H groups in total. The van der Waals surface area contributed by atoms with Crippen molar-refractivity contribution in [2.45, 2.75) is 19.9 Å². The van der Waals surface area contributed by atoms with Gasteiger partial charge in [-0.1, -0.05) is 18.2 Å². The zero-order valence-corrected chi connectivity index (χ0v) is 13.6. The first-order valence-electron chi connectivity index (χ1n) is 7.70. The summed E-state index contributed by atoms with van der Waals surface area (Å²) in [7, 11) is 1.64. The number of aromatic amines is 1. The number of H-pyrrole nitrogens is 1. The molecule has 0 aliphatic heterocycles. The number of amides is 1. The molecule has 24 heavy (non-hydrogen) atoms. The van der Waals surface area contributed by atoms with E-state index in [1.165, 1.54) is 23.1 Å². The molecule has 3 aromatic rings. The maximum atomic E-state index is 13.7.